The number of rotatable bonds is 4. The standard InChI is InChI=1S/C6H13O3P/c1-4-8-10(7,6-3)9-5-2/h3,7,10H,4-5H2,1-2H3. The fourth-order valence-corrected chi connectivity index (χ4v) is 1.55. The van der Waals surface area contributed by atoms with Gasteiger partial charge in [0, 0.05) is 0 Å². The third-order valence-electron chi connectivity index (χ3n) is 0.862. The Labute approximate surface area is 61.9 Å². The molecule has 0 aliphatic heterocycles. The van der Waals surface area contributed by atoms with Crippen LogP contribution in [0.3, 0.4) is 0 Å². The summed E-state index contributed by atoms with van der Waals surface area (Å²) in [6, 6.07) is 0. The van der Waals surface area contributed by atoms with Crippen LogP contribution in [-0.4, -0.2) is 18.1 Å². The molecule has 0 atom stereocenters. The Morgan fingerprint density at radius 3 is 2.00 bits per heavy atom. The molecule has 0 aromatic carbocycles. The molecule has 0 radical (unpaired) electrons. The molecule has 0 aromatic heterocycles. The Hall–Kier alpha value is -0.130. The summed E-state index contributed by atoms with van der Waals surface area (Å²) in [5, 5.41) is 0. The minimum absolute atomic E-state index is 0.382. The van der Waals surface area contributed by atoms with Gasteiger partial charge in [0.15, 0.2) is 0 Å². The van der Waals surface area contributed by atoms with Crippen molar-refractivity contribution in [1.82, 2.24) is 0 Å². The fraction of sp³-hybridized carbons (Fsp3) is 0.667. The first-order chi connectivity index (χ1) is 4.68. The van der Waals surface area contributed by atoms with Crippen LogP contribution in [0.2, 0.25) is 0 Å². The van der Waals surface area contributed by atoms with Crippen molar-refractivity contribution in [1.29, 1.82) is 0 Å². The van der Waals surface area contributed by atoms with E-state index in [0.29, 0.717) is 13.2 Å². The van der Waals surface area contributed by atoms with Crippen molar-refractivity contribution < 1.29 is 13.9 Å². The molecule has 1 N–H and O–H groups in total. The van der Waals surface area contributed by atoms with Gasteiger partial charge in [-0.25, -0.2) is 0 Å². The van der Waals surface area contributed by atoms with Crippen molar-refractivity contribution in [2.75, 3.05) is 13.2 Å². The van der Waals surface area contributed by atoms with Gasteiger partial charge in [0.25, 0.3) is 0 Å². The average molecular weight is 164 g/mol. The molecule has 4 heteroatoms. The normalized spacial score (nSPS) is 12.6. The summed E-state index contributed by atoms with van der Waals surface area (Å²) in [5.74, 6) is 0. The predicted molar refractivity (Wildman–Crippen MR) is 42.6 cm³/mol. The number of terminal acetylenes is 1. The van der Waals surface area contributed by atoms with Crippen LogP contribution in [0, 0.1) is 12.1 Å². The molecule has 60 valence electrons. The van der Waals surface area contributed by atoms with Gasteiger partial charge in [-0.05, 0) is 0 Å². The van der Waals surface area contributed by atoms with Crippen LogP contribution in [0.5, 0.6) is 0 Å². The molecular formula is C6H13O3P. The van der Waals surface area contributed by atoms with E-state index in [1.54, 1.807) is 13.8 Å². The van der Waals surface area contributed by atoms with Crippen molar-refractivity contribution in [2.24, 2.45) is 0 Å². The zero-order valence-electron chi connectivity index (χ0n) is 6.26. The molecule has 10 heavy (non-hydrogen) atoms. The molecule has 0 aromatic rings. The summed E-state index contributed by atoms with van der Waals surface area (Å²) >= 11 is 0. The summed E-state index contributed by atoms with van der Waals surface area (Å²) in [6.45, 7) is 4.28. The van der Waals surface area contributed by atoms with Gasteiger partial charge in [0.2, 0.25) is 0 Å². The molecular weight excluding hydrogens is 151 g/mol. The Balaban J connectivity index is 3.85. The molecule has 0 heterocycles. The van der Waals surface area contributed by atoms with Crippen LogP contribution >= 0.6 is 7.94 Å². The quantitative estimate of drug-likeness (QED) is 0.500. The van der Waals surface area contributed by atoms with E-state index in [4.69, 9.17) is 15.5 Å². The van der Waals surface area contributed by atoms with E-state index in [9.17, 15) is 4.89 Å². The van der Waals surface area contributed by atoms with Crippen LogP contribution in [0.1, 0.15) is 13.8 Å². The third-order valence-corrected chi connectivity index (χ3v) is 2.59. The van der Waals surface area contributed by atoms with Gasteiger partial charge in [-0.1, -0.05) is 0 Å². The SMILES string of the molecule is C#C[PH](O)(OCC)OCC. The molecule has 3 nitrogen and oxygen atoms in total. The van der Waals surface area contributed by atoms with E-state index < -0.39 is 7.94 Å². The van der Waals surface area contributed by atoms with E-state index in [2.05, 4.69) is 5.66 Å². The molecule has 0 unspecified atom stereocenters. The van der Waals surface area contributed by atoms with Crippen molar-refractivity contribution in [3.05, 3.63) is 0 Å². The summed E-state index contributed by atoms with van der Waals surface area (Å²) in [7, 11) is -3.20. The molecule has 0 aliphatic carbocycles. The maximum atomic E-state index is 9.28. The molecule has 0 aliphatic rings. The summed E-state index contributed by atoms with van der Waals surface area (Å²) in [4.78, 5) is 9.28. The second-order valence-corrected chi connectivity index (χ2v) is 3.62. The monoisotopic (exact) mass is 164 g/mol. The fourth-order valence-electron chi connectivity index (χ4n) is 0.516. The Kier molecular flexibility index (Phi) is 4.59. The second-order valence-electron chi connectivity index (χ2n) is 1.59. The molecule has 0 fully saturated rings. The van der Waals surface area contributed by atoms with Gasteiger partial charge < -0.3 is 0 Å². The summed E-state index contributed by atoms with van der Waals surface area (Å²) in [5.41, 5.74) is 2.13. The van der Waals surface area contributed by atoms with Crippen LogP contribution < -0.4 is 0 Å². The van der Waals surface area contributed by atoms with E-state index in [0.717, 1.165) is 0 Å². The predicted octanol–water partition coefficient (Wildman–Crippen LogP) is 1.14. The van der Waals surface area contributed by atoms with Gasteiger partial charge in [0.1, 0.15) is 0 Å². The Morgan fingerprint density at radius 1 is 1.40 bits per heavy atom. The maximum absolute atomic E-state index is 9.28. The summed E-state index contributed by atoms with van der Waals surface area (Å²) in [6.07, 6.45) is 4.99. The van der Waals surface area contributed by atoms with Crippen LogP contribution in [-0.2, 0) is 9.05 Å². The molecule has 0 saturated heterocycles. The van der Waals surface area contributed by atoms with Crippen LogP contribution in [0.15, 0.2) is 0 Å². The van der Waals surface area contributed by atoms with Crippen molar-refractivity contribution >= 4 is 7.94 Å². The second kappa shape index (κ2) is 4.65. The zero-order valence-corrected chi connectivity index (χ0v) is 7.26. The first kappa shape index (κ1) is 9.87. The summed E-state index contributed by atoms with van der Waals surface area (Å²) < 4.78 is 9.71. The molecule has 0 saturated carbocycles. The van der Waals surface area contributed by atoms with Gasteiger partial charge >= 0.3 is 61.0 Å². The van der Waals surface area contributed by atoms with Crippen molar-refractivity contribution in [3.63, 3.8) is 0 Å². The van der Waals surface area contributed by atoms with Crippen molar-refractivity contribution in [2.45, 2.75) is 13.8 Å². The topological polar surface area (TPSA) is 38.7 Å². The first-order valence-corrected chi connectivity index (χ1v) is 4.93. The molecule has 0 bridgehead atoms. The first-order valence-electron chi connectivity index (χ1n) is 3.16. The van der Waals surface area contributed by atoms with E-state index in [1.807, 2.05) is 0 Å². The van der Waals surface area contributed by atoms with E-state index >= 15 is 0 Å². The molecule has 0 amide bonds. The average Bonchev–Trinajstić information content (AvgIpc) is 1.89. The molecule has 0 rings (SSSR count). The molecule has 0 spiro atoms. The van der Waals surface area contributed by atoms with Gasteiger partial charge in [-0.15, -0.1) is 0 Å². The van der Waals surface area contributed by atoms with Gasteiger partial charge in [-0.2, -0.15) is 0 Å². The Morgan fingerprint density at radius 2 is 1.80 bits per heavy atom. The van der Waals surface area contributed by atoms with E-state index in [-0.39, 0.29) is 0 Å². The van der Waals surface area contributed by atoms with E-state index in [1.165, 1.54) is 0 Å². The third kappa shape index (κ3) is 3.14. The van der Waals surface area contributed by atoms with Gasteiger partial charge in [-0.3, -0.25) is 0 Å². The van der Waals surface area contributed by atoms with Crippen LogP contribution in [0.25, 0.3) is 0 Å². The Bertz CT molecular complexity index is 123. The van der Waals surface area contributed by atoms with Gasteiger partial charge in [0.05, 0.1) is 0 Å². The minimum atomic E-state index is -3.20. The zero-order chi connectivity index (χ0) is 8.04. The van der Waals surface area contributed by atoms with Crippen molar-refractivity contribution in [3.8, 4) is 12.1 Å². The van der Waals surface area contributed by atoms with Crippen LogP contribution in [0.4, 0.5) is 0 Å². The number of hydrogen-bond acceptors (Lipinski definition) is 3. The number of hydrogen-bond donors (Lipinski definition) is 1.